The third-order valence-electron chi connectivity index (χ3n) is 2.88. The first-order valence-electron chi connectivity index (χ1n) is 4.51. The molecule has 1 radical (unpaired) electrons. The predicted molar refractivity (Wildman–Crippen MR) is 44.6 cm³/mol. The summed E-state index contributed by atoms with van der Waals surface area (Å²) >= 11 is 0. The average Bonchev–Trinajstić information content (AvgIpc) is 2.35. The van der Waals surface area contributed by atoms with Gasteiger partial charge >= 0.3 is 6.09 Å². The maximum atomic E-state index is 11.3. The first-order chi connectivity index (χ1) is 5.83. The first kappa shape index (κ1) is 7.90. The van der Waals surface area contributed by atoms with E-state index in [2.05, 4.69) is 6.42 Å². The number of rotatable bonds is 0. The molecule has 67 valence electrons. The van der Waals surface area contributed by atoms with Gasteiger partial charge in [-0.15, -0.1) is 0 Å². The second-order valence-corrected chi connectivity index (χ2v) is 3.52. The summed E-state index contributed by atoms with van der Waals surface area (Å²) < 4.78 is 4.74. The van der Waals surface area contributed by atoms with Gasteiger partial charge in [-0.25, -0.2) is 4.79 Å². The van der Waals surface area contributed by atoms with Crippen LogP contribution in [0.15, 0.2) is 0 Å². The molecule has 0 aromatic carbocycles. The Labute approximate surface area is 72.7 Å². The summed E-state index contributed by atoms with van der Waals surface area (Å²) in [4.78, 5) is 13.2. The Hall–Kier alpha value is -0.730. The fraction of sp³-hybridized carbons (Fsp3) is 0.778. The molecule has 2 aliphatic heterocycles. The summed E-state index contributed by atoms with van der Waals surface area (Å²) in [5, 5.41) is 0. The van der Waals surface area contributed by atoms with Crippen LogP contribution in [0.4, 0.5) is 4.79 Å². The van der Waals surface area contributed by atoms with E-state index in [0.29, 0.717) is 12.1 Å². The topological polar surface area (TPSA) is 29.5 Å². The number of carbonyl (C=O) groups excluding carboxylic acids is 1. The molecule has 3 nitrogen and oxygen atoms in total. The molecule has 2 atom stereocenters. The minimum atomic E-state index is -0.143. The molecule has 12 heavy (non-hydrogen) atoms. The Balaban J connectivity index is 2.10. The van der Waals surface area contributed by atoms with Crippen LogP contribution in [-0.4, -0.2) is 30.2 Å². The van der Waals surface area contributed by atoms with Crippen LogP contribution in [0, 0.1) is 6.42 Å². The average molecular weight is 168 g/mol. The smallest absolute Gasteiger partial charge is 0.409 e. The Kier molecular flexibility index (Phi) is 1.95. The lowest BCUT2D eigenvalue weighted by molar-refractivity contribution is 0.0941. The molecule has 1 amide bonds. The van der Waals surface area contributed by atoms with E-state index >= 15 is 0 Å². The fourth-order valence-electron chi connectivity index (χ4n) is 2.31. The quantitative estimate of drug-likeness (QED) is 0.549. The van der Waals surface area contributed by atoms with Crippen LogP contribution in [-0.2, 0) is 4.74 Å². The highest BCUT2D eigenvalue weighted by Gasteiger charge is 2.39. The van der Waals surface area contributed by atoms with Gasteiger partial charge in [-0.05, 0) is 32.1 Å². The van der Waals surface area contributed by atoms with E-state index in [1.807, 2.05) is 4.90 Å². The molecule has 2 saturated heterocycles. The van der Waals surface area contributed by atoms with Crippen molar-refractivity contribution in [2.45, 2.75) is 37.8 Å². The zero-order chi connectivity index (χ0) is 8.55. The molecule has 2 aliphatic rings. The molecule has 2 heterocycles. The number of carbonyl (C=O) groups is 1. The van der Waals surface area contributed by atoms with Crippen molar-refractivity contribution in [3.8, 4) is 0 Å². The van der Waals surface area contributed by atoms with Crippen LogP contribution < -0.4 is 0 Å². The second kappa shape index (κ2) is 2.96. The summed E-state index contributed by atoms with van der Waals surface area (Å²) in [5.41, 5.74) is 0. The molecular formula is C9H14NO2. The number of methoxy groups -OCH3 is 1. The molecule has 0 aliphatic carbocycles. The van der Waals surface area contributed by atoms with Crippen molar-refractivity contribution in [3.05, 3.63) is 6.42 Å². The zero-order valence-electron chi connectivity index (χ0n) is 7.32. The summed E-state index contributed by atoms with van der Waals surface area (Å²) in [6.07, 6.45) is 6.54. The standard InChI is InChI=1S/C9H14NO2/c1-12-9(11)10-7-3-2-4-8(10)6-5-7/h2,7-8H,3-6H2,1H3. The molecular weight excluding hydrogens is 154 g/mol. The highest BCUT2D eigenvalue weighted by Crippen LogP contribution is 2.35. The molecule has 2 fully saturated rings. The van der Waals surface area contributed by atoms with Gasteiger partial charge in [0.1, 0.15) is 0 Å². The van der Waals surface area contributed by atoms with E-state index in [1.54, 1.807) is 0 Å². The van der Waals surface area contributed by atoms with Crippen LogP contribution in [0.2, 0.25) is 0 Å². The molecule has 0 N–H and O–H groups in total. The van der Waals surface area contributed by atoms with E-state index in [-0.39, 0.29) is 6.09 Å². The molecule has 2 rings (SSSR count). The van der Waals surface area contributed by atoms with E-state index in [4.69, 9.17) is 4.74 Å². The Bertz CT molecular complexity index is 177. The summed E-state index contributed by atoms with van der Waals surface area (Å²) in [7, 11) is 1.46. The molecule has 0 aromatic rings. The van der Waals surface area contributed by atoms with Crippen LogP contribution in [0.3, 0.4) is 0 Å². The number of nitrogens with zero attached hydrogens (tertiary/aromatic N) is 1. The largest absolute Gasteiger partial charge is 0.453 e. The lowest BCUT2D eigenvalue weighted by atomic mass is 10.0. The van der Waals surface area contributed by atoms with Gasteiger partial charge in [-0.1, -0.05) is 0 Å². The van der Waals surface area contributed by atoms with Crippen LogP contribution in [0.25, 0.3) is 0 Å². The third kappa shape index (κ3) is 1.08. The highest BCUT2D eigenvalue weighted by molar-refractivity contribution is 5.69. The third-order valence-corrected chi connectivity index (χ3v) is 2.88. The van der Waals surface area contributed by atoms with Crippen molar-refractivity contribution >= 4 is 6.09 Å². The fourth-order valence-corrected chi connectivity index (χ4v) is 2.31. The molecule has 0 aromatic heterocycles. The van der Waals surface area contributed by atoms with Crippen molar-refractivity contribution in [2.75, 3.05) is 7.11 Å². The summed E-state index contributed by atoms with van der Waals surface area (Å²) in [6.45, 7) is 0. The number of amides is 1. The Morgan fingerprint density at radius 2 is 2.00 bits per heavy atom. The van der Waals surface area contributed by atoms with E-state index in [9.17, 15) is 4.79 Å². The normalized spacial score (nSPS) is 33.6. The molecule has 3 heteroatoms. The van der Waals surface area contributed by atoms with Gasteiger partial charge in [-0.2, -0.15) is 0 Å². The number of hydrogen-bond acceptors (Lipinski definition) is 2. The number of ether oxygens (including phenoxy) is 1. The maximum absolute atomic E-state index is 11.3. The van der Waals surface area contributed by atoms with Crippen molar-refractivity contribution in [3.63, 3.8) is 0 Å². The maximum Gasteiger partial charge on any atom is 0.409 e. The van der Waals surface area contributed by atoms with Gasteiger partial charge in [0.15, 0.2) is 0 Å². The Morgan fingerprint density at radius 3 is 2.50 bits per heavy atom. The highest BCUT2D eigenvalue weighted by atomic mass is 16.5. The van der Waals surface area contributed by atoms with E-state index in [1.165, 1.54) is 7.11 Å². The summed E-state index contributed by atoms with van der Waals surface area (Å²) in [5.74, 6) is 0. The summed E-state index contributed by atoms with van der Waals surface area (Å²) in [6, 6.07) is 0.854. The van der Waals surface area contributed by atoms with Crippen molar-refractivity contribution in [1.29, 1.82) is 0 Å². The van der Waals surface area contributed by atoms with Crippen molar-refractivity contribution in [1.82, 2.24) is 4.90 Å². The van der Waals surface area contributed by atoms with Gasteiger partial charge in [0, 0.05) is 12.1 Å². The minimum Gasteiger partial charge on any atom is -0.453 e. The molecule has 2 unspecified atom stereocenters. The van der Waals surface area contributed by atoms with Crippen LogP contribution >= 0.6 is 0 Å². The second-order valence-electron chi connectivity index (χ2n) is 3.52. The van der Waals surface area contributed by atoms with Crippen LogP contribution in [0.1, 0.15) is 25.7 Å². The van der Waals surface area contributed by atoms with Gasteiger partial charge in [-0.3, -0.25) is 0 Å². The minimum absolute atomic E-state index is 0.143. The molecule has 2 bridgehead atoms. The monoisotopic (exact) mass is 168 g/mol. The number of fused-ring (bicyclic) bond motifs is 2. The van der Waals surface area contributed by atoms with E-state index < -0.39 is 0 Å². The SMILES string of the molecule is COC(=O)N1C2C[CH]CC1CC2. The van der Waals surface area contributed by atoms with Gasteiger partial charge in [0.25, 0.3) is 0 Å². The number of hydrogen-bond donors (Lipinski definition) is 0. The lowest BCUT2D eigenvalue weighted by Gasteiger charge is -2.33. The molecule has 0 saturated carbocycles. The van der Waals surface area contributed by atoms with Gasteiger partial charge in [0.05, 0.1) is 7.11 Å². The van der Waals surface area contributed by atoms with Crippen molar-refractivity contribution < 1.29 is 9.53 Å². The predicted octanol–water partition coefficient (Wildman–Crippen LogP) is 1.58. The van der Waals surface area contributed by atoms with E-state index in [0.717, 1.165) is 25.7 Å². The molecule has 0 spiro atoms. The Morgan fingerprint density at radius 1 is 1.42 bits per heavy atom. The van der Waals surface area contributed by atoms with Gasteiger partial charge < -0.3 is 9.64 Å². The first-order valence-corrected chi connectivity index (χ1v) is 4.51. The van der Waals surface area contributed by atoms with Gasteiger partial charge in [0.2, 0.25) is 0 Å². The zero-order valence-corrected chi connectivity index (χ0v) is 7.32. The van der Waals surface area contributed by atoms with Crippen molar-refractivity contribution in [2.24, 2.45) is 0 Å². The lowest BCUT2D eigenvalue weighted by Crippen LogP contribution is -2.44. The number of piperidine rings is 1. The van der Waals surface area contributed by atoms with Crippen LogP contribution in [0.5, 0.6) is 0 Å².